The molecule has 2 heterocycles. The molecule has 2 aliphatic heterocycles. The Morgan fingerprint density at radius 1 is 1.16 bits per heavy atom. The molecule has 164 valence electrons. The Balaban J connectivity index is 1.53. The van der Waals surface area contributed by atoms with Crippen molar-refractivity contribution in [2.45, 2.75) is 52.0 Å². The van der Waals surface area contributed by atoms with Crippen molar-refractivity contribution in [1.29, 1.82) is 5.26 Å². The van der Waals surface area contributed by atoms with Gasteiger partial charge < -0.3 is 14.7 Å². The van der Waals surface area contributed by atoms with Crippen molar-refractivity contribution in [3.8, 4) is 17.6 Å². The third kappa shape index (κ3) is 3.64. The summed E-state index contributed by atoms with van der Waals surface area (Å²) in [4.78, 5) is 7.04. The Hall–Kier alpha value is -3.26. The minimum Gasteiger partial charge on any atom is -0.508 e. The number of ether oxygens (including phenoxy) is 1. The molecule has 3 unspecified atom stereocenters. The minimum absolute atomic E-state index is 0.128. The average Bonchev–Trinajstić information content (AvgIpc) is 2.99. The van der Waals surface area contributed by atoms with Gasteiger partial charge >= 0.3 is 0 Å². The summed E-state index contributed by atoms with van der Waals surface area (Å²) in [7, 11) is 0. The van der Waals surface area contributed by atoms with Gasteiger partial charge in [-0.2, -0.15) is 5.26 Å². The second-order valence-corrected chi connectivity index (χ2v) is 10.6. The fraction of sp³-hybridized carbons (Fsp3) is 0.407. The van der Waals surface area contributed by atoms with E-state index in [-0.39, 0.29) is 11.7 Å². The van der Waals surface area contributed by atoms with Gasteiger partial charge in [-0.1, -0.05) is 57.2 Å². The number of nitriles is 1. The molecule has 2 bridgehead atoms. The lowest BCUT2D eigenvalue weighted by Crippen LogP contribution is -2.34. The van der Waals surface area contributed by atoms with E-state index < -0.39 is 0 Å². The fourth-order valence-electron chi connectivity index (χ4n) is 6.25. The molecule has 0 aromatic heterocycles. The zero-order chi connectivity index (χ0) is 22.5. The Morgan fingerprint density at radius 3 is 2.69 bits per heavy atom. The van der Waals surface area contributed by atoms with Gasteiger partial charge in [0.25, 0.3) is 0 Å². The molecule has 0 radical (unpaired) electrons. The first-order chi connectivity index (χ1) is 15.3. The highest BCUT2D eigenvalue weighted by Crippen LogP contribution is 2.52. The topological polar surface area (TPSA) is 68.9 Å². The molecular weight excluding hydrogens is 398 g/mol. The van der Waals surface area contributed by atoms with Gasteiger partial charge in [-0.15, -0.1) is 0 Å². The van der Waals surface area contributed by atoms with Crippen molar-refractivity contribution in [2.24, 2.45) is 15.8 Å². The van der Waals surface area contributed by atoms with Gasteiger partial charge in [-0.05, 0) is 41.7 Å². The molecule has 5 rings (SSSR count). The van der Waals surface area contributed by atoms with Crippen molar-refractivity contribution in [3.05, 3.63) is 71.1 Å². The Kier molecular flexibility index (Phi) is 4.78. The first-order valence-electron chi connectivity index (χ1n) is 11.3. The largest absolute Gasteiger partial charge is 0.508 e. The van der Waals surface area contributed by atoms with E-state index in [0.717, 1.165) is 24.1 Å². The normalized spacial score (nSPS) is 28.4. The van der Waals surface area contributed by atoms with E-state index in [1.165, 1.54) is 12.8 Å². The van der Waals surface area contributed by atoms with E-state index in [1.807, 2.05) is 42.7 Å². The fourth-order valence-corrected chi connectivity index (χ4v) is 6.25. The molecule has 1 N–H and O–H groups in total. The number of phenolic OH excluding ortho intramolecular Hbond substituents is 1. The molecule has 3 aliphatic rings. The maximum Gasteiger partial charge on any atom is 0.235 e. The number of nitrogens with zero attached hydrogens (tertiary/aromatic N) is 3. The highest BCUT2D eigenvalue weighted by atomic mass is 16.5. The van der Waals surface area contributed by atoms with Crippen LogP contribution in [0.25, 0.3) is 0 Å². The zero-order valence-electron chi connectivity index (χ0n) is 18.9. The number of fused-ring (bicyclic) bond motifs is 3. The summed E-state index contributed by atoms with van der Waals surface area (Å²) in [6.07, 6.45) is 5.41. The van der Waals surface area contributed by atoms with E-state index in [0.29, 0.717) is 34.1 Å². The monoisotopic (exact) mass is 427 g/mol. The SMILES string of the molecule is CC1(C)CC2CC(C)(CN2C=NC2=C(C#N)C(c3ccccc3)c3ccc(O)cc3O2)C1. The van der Waals surface area contributed by atoms with Crippen LogP contribution < -0.4 is 4.74 Å². The maximum absolute atomic E-state index is 10.1. The second-order valence-electron chi connectivity index (χ2n) is 10.6. The zero-order valence-corrected chi connectivity index (χ0v) is 18.9. The summed E-state index contributed by atoms with van der Waals surface area (Å²) >= 11 is 0. The predicted octanol–water partition coefficient (Wildman–Crippen LogP) is 5.58. The summed E-state index contributed by atoms with van der Waals surface area (Å²) in [5.74, 6) is 0.693. The molecule has 2 aromatic rings. The van der Waals surface area contributed by atoms with Crippen molar-refractivity contribution < 1.29 is 9.84 Å². The molecule has 1 aliphatic carbocycles. The van der Waals surface area contributed by atoms with Gasteiger partial charge in [-0.3, -0.25) is 0 Å². The van der Waals surface area contributed by atoms with Crippen LogP contribution in [0.15, 0.2) is 65.0 Å². The Labute approximate surface area is 189 Å². The Morgan fingerprint density at radius 2 is 1.94 bits per heavy atom. The van der Waals surface area contributed by atoms with Crippen molar-refractivity contribution in [3.63, 3.8) is 0 Å². The van der Waals surface area contributed by atoms with Gasteiger partial charge in [0.05, 0.1) is 12.3 Å². The molecule has 0 amide bonds. The van der Waals surface area contributed by atoms with E-state index in [9.17, 15) is 10.4 Å². The number of rotatable bonds is 3. The van der Waals surface area contributed by atoms with E-state index in [4.69, 9.17) is 9.73 Å². The molecule has 5 heteroatoms. The lowest BCUT2D eigenvalue weighted by atomic mass is 9.65. The van der Waals surface area contributed by atoms with Gasteiger partial charge in [0.15, 0.2) is 0 Å². The van der Waals surface area contributed by atoms with Crippen LogP contribution in [0.5, 0.6) is 11.5 Å². The van der Waals surface area contributed by atoms with Gasteiger partial charge in [0.2, 0.25) is 5.88 Å². The van der Waals surface area contributed by atoms with E-state index in [1.54, 1.807) is 12.1 Å². The lowest BCUT2D eigenvalue weighted by molar-refractivity contribution is 0.133. The quantitative estimate of drug-likeness (QED) is 0.513. The molecule has 5 nitrogen and oxygen atoms in total. The third-order valence-corrected chi connectivity index (χ3v) is 7.07. The van der Waals surface area contributed by atoms with Crippen molar-refractivity contribution in [2.75, 3.05) is 6.54 Å². The number of likely N-dealkylation sites (tertiary alicyclic amines) is 1. The molecule has 2 fully saturated rings. The van der Waals surface area contributed by atoms with Crippen molar-refractivity contribution in [1.82, 2.24) is 4.90 Å². The van der Waals surface area contributed by atoms with Crippen LogP contribution in [0, 0.1) is 22.2 Å². The summed E-state index contributed by atoms with van der Waals surface area (Å²) in [5.41, 5.74) is 2.96. The molecule has 1 saturated heterocycles. The van der Waals surface area contributed by atoms with Gasteiger partial charge in [0.1, 0.15) is 23.1 Å². The number of hydrogen-bond acceptors (Lipinski definition) is 4. The summed E-state index contributed by atoms with van der Waals surface area (Å²) in [5, 5.41) is 20.1. The van der Waals surface area contributed by atoms with E-state index >= 15 is 0 Å². The Bertz CT molecular complexity index is 1150. The molecule has 0 spiro atoms. The smallest absolute Gasteiger partial charge is 0.235 e. The summed E-state index contributed by atoms with van der Waals surface area (Å²) < 4.78 is 6.08. The number of aliphatic imine (C=N–C) groups is 1. The first-order valence-corrected chi connectivity index (χ1v) is 11.3. The predicted molar refractivity (Wildman–Crippen MR) is 124 cm³/mol. The van der Waals surface area contributed by atoms with Crippen molar-refractivity contribution >= 4 is 6.34 Å². The summed E-state index contributed by atoms with van der Waals surface area (Å²) in [6.45, 7) is 8.05. The number of benzene rings is 2. The first kappa shape index (κ1) is 20.6. The van der Waals surface area contributed by atoms with Gasteiger partial charge in [0, 0.05) is 24.2 Å². The van der Waals surface area contributed by atoms with Crippen LogP contribution in [0.4, 0.5) is 0 Å². The van der Waals surface area contributed by atoms with Crippen LogP contribution in [0.3, 0.4) is 0 Å². The number of hydrogen-bond donors (Lipinski definition) is 1. The van der Waals surface area contributed by atoms with Gasteiger partial charge in [-0.25, -0.2) is 4.99 Å². The van der Waals surface area contributed by atoms with E-state index in [2.05, 4.69) is 31.7 Å². The number of allylic oxidation sites excluding steroid dienone is 1. The van der Waals surface area contributed by atoms with Crippen LogP contribution >= 0.6 is 0 Å². The minimum atomic E-state index is -0.285. The molecular formula is C27H29N3O2. The molecule has 32 heavy (non-hydrogen) atoms. The second kappa shape index (κ2) is 7.41. The molecule has 1 saturated carbocycles. The summed E-state index contributed by atoms with van der Waals surface area (Å²) in [6, 6.07) is 17.8. The highest BCUT2D eigenvalue weighted by Gasteiger charge is 2.49. The number of phenols is 1. The van der Waals surface area contributed by atoms with Crippen LogP contribution in [-0.4, -0.2) is 28.9 Å². The molecule has 3 atom stereocenters. The molecule has 2 aromatic carbocycles. The lowest BCUT2D eigenvalue weighted by Gasteiger charge is -2.39. The maximum atomic E-state index is 10.1. The number of aromatic hydroxyl groups is 1. The average molecular weight is 428 g/mol. The van der Waals surface area contributed by atoms with Crippen LogP contribution in [-0.2, 0) is 0 Å². The van der Waals surface area contributed by atoms with Crippen LogP contribution in [0.2, 0.25) is 0 Å². The standard InChI is InChI=1S/C27H29N3O2/c1-26(2)12-19-13-27(3,15-26)16-30(19)17-29-25-22(14-28)24(18-7-5-4-6-8-18)21-10-9-20(31)11-23(21)32-25/h4-11,17,19,24,31H,12-13,15-16H2,1-3H3. The third-order valence-electron chi connectivity index (χ3n) is 7.07. The highest BCUT2D eigenvalue weighted by molar-refractivity contribution is 5.62. The van der Waals surface area contributed by atoms with Crippen LogP contribution in [0.1, 0.15) is 57.1 Å².